The average Bonchev–Trinajstić information content (AvgIpc) is 3.82. The number of pyridine rings is 1. The first-order valence-corrected chi connectivity index (χ1v) is 18.7. The number of methoxy groups -OCH3 is 1. The second-order valence-electron chi connectivity index (χ2n) is 14.2. The van der Waals surface area contributed by atoms with Crippen LogP contribution in [0.2, 0.25) is 15.1 Å². The molecule has 0 spiro atoms. The number of allylic oxidation sites excluding steroid dienone is 2. The SMILES string of the molecule is COc1ccc([C@@]23C(=O)N(Nc4ccc(Cl)cc4Cl)C(=O)[C@@H]2C[C@@H]2C(=CC[C@@H]4C(=O)N(N(C)c5nc(C(F)(F)F)ccc5Cl)C(=O)[C@@H]42)[C@@H]3c2ccc(CO)o2)cc1. The van der Waals surface area contributed by atoms with Crippen molar-refractivity contribution in [2.24, 2.45) is 23.7 Å². The molecule has 57 heavy (non-hydrogen) atoms. The van der Waals surface area contributed by atoms with Crippen LogP contribution < -0.4 is 15.2 Å². The Labute approximate surface area is 337 Å². The third-order valence-electron chi connectivity index (χ3n) is 11.4. The van der Waals surface area contributed by atoms with Crippen molar-refractivity contribution in [3.8, 4) is 5.75 Å². The van der Waals surface area contributed by atoms with Crippen LogP contribution in [0.1, 0.15) is 41.5 Å². The number of furan rings is 1. The van der Waals surface area contributed by atoms with Gasteiger partial charge in [0, 0.05) is 12.1 Å². The first-order chi connectivity index (χ1) is 27.1. The maximum atomic E-state index is 15.3. The van der Waals surface area contributed by atoms with Crippen LogP contribution in [0.5, 0.6) is 5.75 Å². The highest BCUT2D eigenvalue weighted by molar-refractivity contribution is 6.36. The third-order valence-corrected chi connectivity index (χ3v) is 12.2. The lowest BCUT2D eigenvalue weighted by molar-refractivity contribution is -0.142. The Morgan fingerprint density at radius 2 is 1.70 bits per heavy atom. The van der Waals surface area contributed by atoms with Crippen LogP contribution in [0.4, 0.5) is 24.7 Å². The van der Waals surface area contributed by atoms with E-state index in [0.717, 1.165) is 21.1 Å². The lowest BCUT2D eigenvalue weighted by atomic mass is 9.50. The fourth-order valence-electron chi connectivity index (χ4n) is 8.98. The van der Waals surface area contributed by atoms with E-state index in [1.165, 1.54) is 32.4 Å². The number of halogens is 6. The van der Waals surface area contributed by atoms with Gasteiger partial charge in [-0.05, 0) is 78.9 Å². The van der Waals surface area contributed by atoms with Crippen molar-refractivity contribution in [2.45, 2.75) is 37.0 Å². The summed E-state index contributed by atoms with van der Waals surface area (Å²) in [6.07, 6.45) is -3.16. The lowest BCUT2D eigenvalue weighted by Crippen LogP contribution is -2.53. The van der Waals surface area contributed by atoms with Gasteiger partial charge in [-0.25, -0.2) is 4.98 Å². The Hall–Kier alpha value is -5.09. The molecule has 2 aromatic carbocycles. The Kier molecular flexibility index (Phi) is 9.58. The molecule has 2 aliphatic heterocycles. The molecule has 296 valence electrons. The van der Waals surface area contributed by atoms with Crippen LogP contribution in [0.25, 0.3) is 0 Å². The number of ether oxygens (including phenoxy) is 1. The number of hydrogen-bond donors (Lipinski definition) is 2. The molecule has 0 unspecified atom stereocenters. The molecule has 1 saturated carbocycles. The molecule has 3 fully saturated rings. The number of hydrogen-bond acceptors (Lipinski definition) is 10. The van der Waals surface area contributed by atoms with Gasteiger partial charge >= 0.3 is 6.18 Å². The number of fused-ring (bicyclic) bond motifs is 4. The van der Waals surface area contributed by atoms with Gasteiger partial charge in [-0.1, -0.05) is 58.6 Å². The molecular formula is C39H31Cl3F3N5O7. The van der Waals surface area contributed by atoms with Crippen LogP contribution in [0.3, 0.4) is 0 Å². The molecule has 0 radical (unpaired) electrons. The largest absolute Gasteiger partial charge is 0.497 e. The topological polar surface area (TPSA) is 146 Å². The highest BCUT2D eigenvalue weighted by atomic mass is 35.5. The average molecular weight is 845 g/mol. The summed E-state index contributed by atoms with van der Waals surface area (Å²) in [4.78, 5) is 62.6. The lowest BCUT2D eigenvalue weighted by Gasteiger charge is -2.49. The molecule has 4 heterocycles. The summed E-state index contributed by atoms with van der Waals surface area (Å²) in [5.74, 6) is -7.54. The van der Waals surface area contributed by atoms with E-state index in [0.29, 0.717) is 28.0 Å². The predicted molar refractivity (Wildman–Crippen MR) is 200 cm³/mol. The van der Waals surface area contributed by atoms with Crippen LogP contribution in [-0.2, 0) is 37.4 Å². The second kappa shape index (κ2) is 14.1. The van der Waals surface area contributed by atoms with Gasteiger partial charge in [0.1, 0.15) is 35.0 Å². The van der Waals surface area contributed by atoms with Gasteiger partial charge in [-0.15, -0.1) is 0 Å². The molecule has 4 aromatic rings. The quantitative estimate of drug-likeness (QED) is 0.138. The molecule has 2 saturated heterocycles. The minimum atomic E-state index is -4.84. The number of amides is 4. The minimum absolute atomic E-state index is 0.00702. The summed E-state index contributed by atoms with van der Waals surface area (Å²) in [5.41, 5.74) is 1.07. The van der Waals surface area contributed by atoms with E-state index < -0.39 is 82.9 Å². The molecule has 12 nitrogen and oxygen atoms in total. The van der Waals surface area contributed by atoms with Crippen molar-refractivity contribution in [3.05, 3.63) is 116 Å². The maximum absolute atomic E-state index is 15.3. The van der Waals surface area contributed by atoms with Gasteiger partial charge in [0.15, 0.2) is 5.82 Å². The number of aliphatic hydroxyl groups excluding tert-OH is 1. The Bertz CT molecular complexity index is 2370. The molecule has 6 atom stereocenters. The van der Waals surface area contributed by atoms with Crippen LogP contribution in [-0.4, -0.2) is 57.9 Å². The van der Waals surface area contributed by atoms with E-state index in [2.05, 4.69) is 10.4 Å². The number of imide groups is 2. The normalized spacial score (nSPS) is 25.6. The number of carbonyl (C=O) groups is 4. The highest BCUT2D eigenvalue weighted by Crippen LogP contribution is 2.64. The molecule has 2 aromatic heterocycles. The number of nitrogens with zero attached hydrogens (tertiary/aromatic N) is 4. The van der Waals surface area contributed by atoms with Crippen molar-refractivity contribution in [1.29, 1.82) is 0 Å². The van der Waals surface area contributed by atoms with E-state index in [1.807, 2.05) is 0 Å². The van der Waals surface area contributed by atoms with E-state index in [9.17, 15) is 32.7 Å². The number of benzene rings is 2. The standard InChI is InChI=1S/C39H31Cl3F3N5O7/c1-48(33-26(41)11-14-30(46-33)39(43,44)45)50-34(52)23-10-9-22-24(31(23)36(50)54)16-25-35(53)49(47-28-12-5-19(40)15-27(28)42)37(55)38(25,18-3-6-20(56-2)7-4-18)32(22)29-13-8-21(17-51)57-29/h3-9,11-15,23-25,31-32,47,51H,10,16-17H2,1-2H3/t23-,24+,25-,31-,32+,38+/m0/s1. The van der Waals surface area contributed by atoms with Gasteiger partial charge in [0.25, 0.3) is 23.6 Å². The van der Waals surface area contributed by atoms with Gasteiger partial charge in [0.05, 0.1) is 46.5 Å². The summed E-state index contributed by atoms with van der Waals surface area (Å²) in [5, 5.41) is 12.8. The molecule has 8 rings (SSSR count). The minimum Gasteiger partial charge on any atom is -0.497 e. The Balaban J connectivity index is 1.27. The van der Waals surface area contributed by atoms with E-state index in [1.54, 1.807) is 42.5 Å². The number of rotatable bonds is 8. The number of nitrogens with one attached hydrogen (secondary N) is 1. The van der Waals surface area contributed by atoms with Crippen molar-refractivity contribution in [3.63, 3.8) is 0 Å². The first-order valence-electron chi connectivity index (χ1n) is 17.6. The smallest absolute Gasteiger partial charge is 0.433 e. The Morgan fingerprint density at radius 1 is 0.965 bits per heavy atom. The van der Waals surface area contributed by atoms with Crippen molar-refractivity contribution in [1.82, 2.24) is 15.0 Å². The molecule has 4 amide bonds. The summed E-state index contributed by atoms with van der Waals surface area (Å²) in [7, 11) is 2.70. The first kappa shape index (κ1) is 38.8. The second-order valence-corrected chi connectivity index (χ2v) is 15.4. The van der Waals surface area contributed by atoms with E-state index >= 15 is 4.79 Å². The summed E-state index contributed by atoms with van der Waals surface area (Å²) in [6.45, 7) is -0.477. The summed E-state index contributed by atoms with van der Waals surface area (Å²) < 4.78 is 52.6. The van der Waals surface area contributed by atoms with Gasteiger partial charge in [-0.3, -0.25) is 29.6 Å². The number of carbonyl (C=O) groups excluding carboxylic acids is 4. The fraction of sp³-hybridized carbons (Fsp3) is 0.308. The van der Waals surface area contributed by atoms with Gasteiger partial charge < -0.3 is 14.3 Å². The van der Waals surface area contributed by atoms with Crippen molar-refractivity contribution in [2.75, 3.05) is 24.6 Å². The molecule has 0 bridgehead atoms. The maximum Gasteiger partial charge on any atom is 0.433 e. The number of aromatic nitrogens is 1. The van der Waals surface area contributed by atoms with Crippen LogP contribution >= 0.6 is 34.8 Å². The molecule has 2 N–H and O–H groups in total. The molecule has 2 aliphatic carbocycles. The third kappa shape index (κ3) is 5.96. The summed E-state index contributed by atoms with van der Waals surface area (Å²) >= 11 is 18.9. The number of hydrazine groups is 2. The molecule has 4 aliphatic rings. The van der Waals surface area contributed by atoms with Gasteiger partial charge in [-0.2, -0.15) is 23.2 Å². The zero-order valence-corrected chi connectivity index (χ0v) is 32.2. The summed E-state index contributed by atoms with van der Waals surface area (Å²) in [6, 6.07) is 16.0. The van der Waals surface area contributed by atoms with Crippen molar-refractivity contribution >= 4 is 69.9 Å². The van der Waals surface area contributed by atoms with Crippen LogP contribution in [0.15, 0.2) is 82.8 Å². The van der Waals surface area contributed by atoms with Crippen molar-refractivity contribution < 1.29 is 46.6 Å². The molecule has 18 heteroatoms. The number of aliphatic hydroxyl groups is 1. The highest BCUT2D eigenvalue weighted by Gasteiger charge is 2.71. The number of alkyl halides is 3. The van der Waals surface area contributed by atoms with E-state index in [-0.39, 0.29) is 40.1 Å². The monoisotopic (exact) mass is 843 g/mol. The van der Waals surface area contributed by atoms with E-state index in [4.69, 9.17) is 44.0 Å². The molecular weight excluding hydrogens is 814 g/mol. The predicted octanol–water partition coefficient (Wildman–Crippen LogP) is 7.19. The van der Waals surface area contributed by atoms with Crippen LogP contribution in [0, 0.1) is 23.7 Å². The number of anilines is 2. The Morgan fingerprint density at radius 3 is 2.35 bits per heavy atom. The van der Waals surface area contributed by atoms with Gasteiger partial charge in [0.2, 0.25) is 0 Å². The fourth-order valence-corrected chi connectivity index (χ4v) is 9.65. The zero-order valence-electron chi connectivity index (χ0n) is 29.9. The zero-order chi connectivity index (χ0) is 40.7.